The molecule has 0 aliphatic carbocycles. The van der Waals surface area contributed by atoms with E-state index in [9.17, 15) is 4.79 Å². The Kier molecular flexibility index (Phi) is 3.23. The van der Waals surface area contributed by atoms with Crippen molar-refractivity contribution in [1.82, 2.24) is 15.5 Å². The van der Waals surface area contributed by atoms with E-state index in [1.807, 2.05) is 0 Å². The van der Waals surface area contributed by atoms with Crippen LogP contribution >= 0.6 is 12.2 Å². The van der Waals surface area contributed by atoms with Crippen LogP contribution in [0.1, 0.15) is 5.69 Å². The fourth-order valence-corrected chi connectivity index (χ4v) is 1.08. The molecule has 0 aromatic carbocycles. The Bertz CT molecular complexity index is 383. The summed E-state index contributed by atoms with van der Waals surface area (Å²) in [5.74, 6) is 0. The van der Waals surface area contributed by atoms with Gasteiger partial charge in [0, 0.05) is 14.1 Å². The second kappa shape index (κ2) is 4.23. The van der Waals surface area contributed by atoms with Crippen LogP contribution in [0.4, 0.5) is 0 Å². The van der Waals surface area contributed by atoms with Crippen molar-refractivity contribution in [2.45, 2.75) is 6.54 Å². The first-order valence-electron chi connectivity index (χ1n) is 4.05. The van der Waals surface area contributed by atoms with Crippen LogP contribution in [0.15, 0.2) is 9.32 Å². The summed E-state index contributed by atoms with van der Waals surface area (Å²) in [5, 5.41) is 5.83. The zero-order valence-corrected chi connectivity index (χ0v) is 9.14. The molecule has 7 heteroatoms. The maximum absolute atomic E-state index is 11.2. The molecule has 6 nitrogen and oxygen atoms in total. The van der Waals surface area contributed by atoms with E-state index in [1.165, 1.54) is 4.68 Å². The van der Waals surface area contributed by atoms with Gasteiger partial charge in [-0.15, -0.1) is 0 Å². The number of aryl methyl sites for hydroxylation is 1. The van der Waals surface area contributed by atoms with Crippen molar-refractivity contribution in [2.24, 2.45) is 7.05 Å². The molecule has 0 atom stereocenters. The van der Waals surface area contributed by atoms with Gasteiger partial charge >= 0.3 is 11.3 Å². The SMILES string of the molecule is CNC(=S)N(C)Cc1c(=O)o[nH][n+]1C. The normalized spacial score (nSPS) is 9.93. The number of thiocarbonyl (C=S) groups is 1. The lowest BCUT2D eigenvalue weighted by atomic mass is 10.4. The maximum Gasteiger partial charge on any atom is 0.431 e. The molecule has 0 saturated carbocycles. The third-order valence-corrected chi connectivity index (χ3v) is 2.38. The summed E-state index contributed by atoms with van der Waals surface area (Å²) >= 11 is 5.00. The highest BCUT2D eigenvalue weighted by Crippen LogP contribution is 1.91. The molecule has 0 aliphatic heterocycles. The Morgan fingerprint density at radius 1 is 1.79 bits per heavy atom. The van der Waals surface area contributed by atoms with Crippen LogP contribution in [0, 0.1) is 0 Å². The fraction of sp³-hybridized carbons (Fsp3) is 0.571. The van der Waals surface area contributed by atoms with Crippen LogP contribution in [0.5, 0.6) is 0 Å². The number of hydrogen-bond acceptors (Lipinski definition) is 3. The number of aromatic nitrogens is 2. The standard InChI is InChI=1S/C7H12N4O2S/c1-8-7(14)10(2)4-5-6(12)13-9-11(5)3/h4H2,1-3H3,(H-,8,9,12,14)/p+1. The van der Waals surface area contributed by atoms with E-state index >= 15 is 0 Å². The molecule has 1 aromatic rings. The second-order valence-electron chi connectivity index (χ2n) is 2.90. The quantitative estimate of drug-likeness (QED) is 0.477. The van der Waals surface area contributed by atoms with Crippen molar-refractivity contribution in [1.29, 1.82) is 0 Å². The highest BCUT2D eigenvalue weighted by Gasteiger charge is 2.19. The third-order valence-electron chi connectivity index (χ3n) is 1.86. The van der Waals surface area contributed by atoms with E-state index in [0.717, 1.165) is 0 Å². The number of nitrogens with zero attached hydrogens (tertiary/aromatic N) is 2. The van der Waals surface area contributed by atoms with Crippen molar-refractivity contribution >= 4 is 17.3 Å². The minimum atomic E-state index is -0.377. The molecule has 1 aromatic heterocycles. The van der Waals surface area contributed by atoms with Gasteiger partial charge in [0.15, 0.2) is 12.2 Å². The Morgan fingerprint density at radius 3 is 2.86 bits per heavy atom. The van der Waals surface area contributed by atoms with E-state index in [2.05, 4.69) is 15.1 Å². The topological polar surface area (TPSA) is 65.2 Å². The second-order valence-corrected chi connectivity index (χ2v) is 3.28. The Hall–Kier alpha value is -1.37. The van der Waals surface area contributed by atoms with E-state index in [0.29, 0.717) is 17.4 Å². The molecule has 1 heterocycles. The van der Waals surface area contributed by atoms with E-state index < -0.39 is 0 Å². The predicted octanol–water partition coefficient (Wildman–Crippen LogP) is -1.27. The van der Waals surface area contributed by atoms with E-state index in [1.54, 1.807) is 26.0 Å². The van der Waals surface area contributed by atoms with Crippen molar-refractivity contribution in [3.8, 4) is 0 Å². The van der Waals surface area contributed by atoms with Gasteiger partial charge in [0.1, 0.15) is 6.54 Å². The largest absolute Gasteiger partial charge is 0.431 e. The molecule has 0 fully saturated rings. The lowest BCUT2D eigenvalue weighted by molar-refractivity contribution is -0.746. The van der Waals surface area contributed by atoms with Gasteiger partial charge in [-0.05, 0) is 17.5 Å². The first-order chi connectivity index (χ1) is 6.56. The summed E-state index contributed by atoms with van der Waals surface area (Å²) in [6, 6.07) is 0. The summed E-state index contributed by atoms with van der Waals surface area (Å²) in [5.41, 5.74) is 0.142. The van der Waals surface area contributed by atoms with E-state index in [-0.39, 0.29) is 5.63 Å². The number of aromatic amines is 1. The molecule has 0 saturated heterocycles. The average Bonchev–Trinajstić information content (AvgIpc) is 2.48. The van der Waals surface area contributed by atoms with Crippen molar-refractivity contribution < 1.29 is 9.20 Å². The monoisotopic (exact) mass is 217 g/mol. The molecular weight excluding hydrogens is 204 g/mol. The molecular formula is C7H13N4O2S+. The summed E-state index contributed by atoms with van der Waals surface area (Å²) < 4.78 is 6.13. The van der Waals surface area contributed by atoms with Crippen LogP contribution in [-0.4, -0.2) is 29.4 Å². The van der Waals surface area contributed by atoms with Gasteiger partial charge in [-0.1, -0.05) is 4.68 Å². The molecule has 14 heavy (non-hydrogen) atoms. The third kappa shape index (κ3) is 2.11. The van der Waals surface area contributed by atoms with Crippen molar-refractivity contribution in [2.75, 3.05) is 14.1 Å². The van der Waals surface area contributed by atoms with Crippen LogP contribution in [0.3, 0.4) is 0 Å². The maximum atomic E-state index is 11.2. The average molecular weight is 217 g/mol. The molecule has 1 rings (SSSR count). The summed E-state index contributed by atoms with van der Waals surface area (Å²) in [7, 11) is 5.24. The number of H-pyrrole nitrogens is 1. The Morgan fingerprint density at radius 2 is 2.43 bits per heavy atom. The van der Waals surface area contributed by atoms with Gasteiger partial charge in [-0.2, -0.15) is 0 Å². The lowest BCUT2D eigenvalue weighted by Gasteiger charge is -2.15. The predicted molar refractivity (Wildman–Crippen MR) is 53.6 cm³/mol. The smallest absolute Gasteiger partial charge is 0.366 e. The Labute approximate surface area is 86.4 Å². The van der Waals surface area contributed by atoms with Gasteiger partial charge in [-0.3, -0.25) is 4.52 Å². The van der Waals surface area contributed by atoms with Crippen LogP contribution < -0.4 is 15.6 Å². The van der Waals surface area contributed by atoms with Crippen LogP contribution in [0.25, 0.3) is 0 Å². The summed E-state index contributed by atoms with van der Waals surface area (Å²) in [6.45, 7) is 0.405. The number of rotatable bonds is 2. The Balaban J connectivity index is 2.79. The summed E-state index contributed by atoms with van der Waals surface area (Å²) in [6.07, 6.45) is 0. The molecule has 0 spiro atoms. The minimum Gasteiger partial charge on any atom is -0.366 e. The number of hydrogen-bond donors (Lipinski definition) is 2. The zero-order valence-electron chi connectivity index (χ0n) is 8.33. The van der Waals surface area contributed by atoms with Gasteiger partial charge in [-0.25, -0.2) is 4.79 Å². The van der Waals surface area contributed by atoms with Gasteiger partial charge in [0.25, 0.3) is 0 Å². The highest BCUT2D eigenvalue weighted by atomic mass is 32.1. The zero-order chi connectivity index (χ0) is 10.7. The van der Waals surface area contributed by atoms with Gasteiger partial charge in [0.2, 0.25) is 0 Å². The molecule has 78 valence electrons. The first-order valence-corrected chi connectivity index (χ1v) is 4.46. The molecule has 0 radical (unpaired) electrons. The van der Waals surface area contributed by atoms with Crippen molar-refractivity contribution in [3.63, 3.8) is 0 Å². The lowest BCUT2D eigenvalue weighted by Crippen LogP contribution is -2.42. The van der Waals surface area contributed by atoms with Crippen LogP contribution in [0.2, 0.25) is 0 Å². The first kappa shape index (κ1) is 10.7. The number of nitrogens with one attached hydrogen (secondary N) is 2. The minimum absolute atomic E-state index is 0.377. The molecule has 0 bridgehead atoms. The van der Waals surface area contributed by atoms with Crippen LogP contribution in [-0.2, 0) is 13.6 Å². The molecule has 0 unspecified atom stereocenters. The van der Waals surface area contributed by atoms with E-state index in [4.69, 9.17) is 12.2 Å². The molecule has 0 aliphatic rings. The molecule has 0 amide bonds. The highest BCUT2D eigenvalue weighted by molar-refractivity contribution is 7.80. The molecule has 2 N–H and O–H groups in total. The van der Waals surface area contributed by atoms with Crippen molar-refractivity contribution in [3.05, 3.63) is 16.1 Å². The van der Waals surface area contributed by atoms with Gasteiger partial charge < -0.3 is 10.2 Å². The van der Waals surface area contributed by atoms with Gasteiger partial charge in [0.05, 0.1) is 0 Å². The summed E-state index contributed by atoms with van der Waals surface area (Å²) in [4.78, 5) is 12.9. The fourth-order valence-electron chi connectivity index (χ4n) is 1.02.